The molecule has 0 radical (unpaired) electrons. The molecule has 2 rings (SSSR count). The summed E-state index contributed by atoms with van der Waals surface area (Å²) in [6.45, 7) is 2.55. The van der Waals surface area contributed by atoms with Gasteiger partial charge in [-0.2, -0.15) is 0 Å². The van der Waals surface area contributed by atoms with Gasteiger partial charge in [0.05, 0.1) is 4.90 Å². The number of nitrogens with one attached hydrogen (secondary N) is 1. The third-order valence-electron chi connectivity index (χ3n) is 4.23. The first kappa shape index (κ1) is 18.8. The maximum Gasteiger partial charge on any atom is 0.240 e. The number of carbonyl (C=O) groups excluding carboxylic acids is 1. The molecule has 6 nitrogen and oxygen atoms in total. The van der Waals surface area contributed by atoms with E-state index < -0.39 is 15.8 Å². The molecule has 1 fully saturated rings. The number of nitrogens with zero attached hydrogens (tertiary/aromatic N) is 1. The van der Waals surface area contributed by atoms with E-state index in [9.17, 15) is 17.6 Å². The fourth-order valence-electron chi connectivity index (χ4n) is 2.95. The van der Waals surface area contributed by atoms with Gasteiger partial charge >= 0.3 is 0 Å². The number of halogens is 1. The third kappa shape index (κ3) is 4.75. The van der Waals surface area contributed by atoms with Crippen LogP contribution in [0.15, 0.2) is 29.2 Å². The molecule has 0 saturated carbocycles. The number of nitrogens with two attached hydrogens (primary N) is 1. The quantitative estimate of drug-likeness (QED) is 0.801. The first-order chi connectivity index (χ1) is 11.3. The zero-order valence-corrected chi connectivity index (χ0v) is 14.6. The van der Waals surface area contributed by atoms with Crippen LogP contribution in [0.5, 0.6) is 0 Å². The number of sulfonamides is 1. The van der Waals surface area contributed by atoms with Crippen molar-refractivity contribution in [1.29, 1.82) is 0 Å². The second-order valence-corrected chi connectivity index (χ2v) is 7.88. The van der Waals surface area contributed by atoms with Crippen LogP contribution in [0.4, 0.5) is 4.39 Å². The van der Waals surface area contributed by atoms with E-state index in [2.05, 4.69) is 4.72 Å². The fourth-order valence-corrected chi connectivity index (χ4v) is 3.98. The molecule has 1 saturated heterocycles. The molecule has 2 unspecified atom stereocenters. The van der Waals surface area contributed by atoms with Crippen LogP contribution >= 0.6 is 0 Å². The maximum atomic E-state index is 12.9. The molecule has 2 atom stereocenters. The Hall–Kier alpha value is -1.51. The minimum absolute atomic E-state index is 0.000710. The molecule has 1 aliphatic heterocycles. The Bertz CT molecular complexity index is 662. The fraction of sp³-hybridized carbons (Fsp3) is 0.562. The summed E-state index contributed by atoms with van der Waals surface area (Å²) in [7, 11) is -3.75. The molecule has 134 valence electrons. The molecule has 0 spiro atoms. The normalized spacial score (nSPS) is 20.0. The minimum Gasteiger partial charge on any atom is -0.338 e. The summed E-state index contributed by atoms with van der Waals surface area (Å²) < 4.78 is 39.4. The predicted octanol–water partition coefficient (Wildman–Crippen LogP) is 1.22. The van der Waals surface area contributed by atoms with Gasteiger partial charge < -0.3 is 10.6 Å². The van der Waals surface area contributed by atoms with Crippen LogP contribution < -0.4 is 10.5 Å². The van der Waals surface area contributed by atoms with E-state index in [1.165, 1.54) is 12.1 Å². The molecule has 0 aromatic heterocycles. The van der Waals surface area contributed by atoms with Gasteiger partial charge in [0.2, 0.25) is 15.9 Å². The van der Waals surface area contributed by atoms with Gasteiger partial charge in [0, 0.05) is 31.6 Å². The second kappa shape index (κ2) is 8.04. The lowest BCUT2D eigenvalue weighted by Gasteiger charge is -2.38. The monoisotopic (exact) mass is 357 g/mol. The molecule has 8 heteroatoms. The van der Waals surface area contributed by atoms with Gasteiger partial charge in [-0.05, 0) is 50.5 Å². The van der Waals surface area contributed by atoms with Crippen LogP contribution in [0.25, 0.3) is 0 Å². The number of hydrogen-bond donors (Lipinski definition) is 2. The lowest BCUT2D eigenvalue weighted by atomic mass is 9.96. The first-order valence-corrected chi connectivity index (χ1v) is 9.60. The number of rotatable bonds is 6. The molecule has 1 aromatic carbocycles. The van der Waals surface area contributed by atoms with Crippen LogP contribution in [-0.2, 0) is 14.8 Å². The molecule has 1 aromatic rings. The summed E-state index contributed by atoms with van der Waals surface area (Å²) in [5.41, 5.74) is 5.95. The van der Waals surface area contributed by atoms with Gasteiger partial charge in [0.15, 0.2) is 0 Å². The number of amides is 1. The van der Waals surface area contributed by atoms with Crippen molar-refractivity contribution in [3.8, 4) is 0 Å². The van der Waals surface area contributed by atoms with E-state index in [4.69, 9.17) is 5.73 Å². The van der Waals surface area contributed by atoms with Crippen LogP contribution in [0.2, 0.25) is 0 Å². The zero-order chi connectivity index (χ0) is 17.7. The van der Waals surface area contributed by atoms with Gasteiger partial charge in [-0.3, -0.25) is 4.79 Å². The van der Waals surface area contributed by atoms with Gasteiger partial charge in [0.25, 0.3) is 0 Å². The molecular weight excluding hydrogens is 333 g/mol. The maximum absolute atomic E-state index is 12.9. The Labute approximate surface area is 142 Å². The summed E-state index contributed by atoms with van der Waals surface area (Å²) in [4.78, 5) is 14.1. The average Bonchev–Trinajstić information content (AvgIpc) is 2.55. The van der Waals surface area contributed by atoms with Crippen LogP contribution in [0.3, 0.4) is 0 Å². The Balaban J connectivity index is 1.90. The zero-order valence-electron chi connectivity index (χ0n) is 13.7. The molecule has 1 amide bonds. The molecule has 3 N–H and O–H groups in total. The summed E-state index contributed by atoms with van der Waals surface area (Å²) in [5.74, 6) is -0.602. The highest BCUT2D eigenvalue weighted by Crippen LogP contribution is 2.20. The number of likely N-dealkylation sites (tertiary alicyclic amines) is 1. The third-order valence-corrected chi connectivity index (χ3v) is 5.71. The molecule has 24 heavy (non-hydrogen) atoms. The van der Waals surface area contributed by atoms with E-state index in [0.29, 0.717) is 6.54 Å². The Morgan fingerprint density at radius 1 is 1.38 bits per heavy atom. The van der Waals surface area contributed by atoms with Crippen molar-refractivity contribution in [3.63, 3.8) is 0 Å². The van der Waals surface area contributed by atoms with Crippen molar-refractivity contribution in [2.45, 2.75) is 49.6 Å². The molecule has 0 aliphatic carbocycles. The van der Waals surface area contributed by atoms with Crippen molar-refractivity contribution in [1.82, 2.24) is 9.62 Å². The van der Waals surface area contributed by atoms with Crippen LogP contribution in [0, 0.1) is 5.82 Å². The highest BCUT2D eigenvalue weighted by Gasteiger charge is 2.29. The summed E-state index contributed by atoms with van der Waals surface area (Å²) >= 11 is 0. The van der Waals surface area contributed by atoms with Gasteiger partial charge in [-0.25, -0.2) is 17.5 Å². The van der Waals surface area contributed by atoms with E-state index in [1.807, 2.05) is 6.92 Å². The lowest BCUT2D eigenvalue weighted by molar-refractivity contribution is -0.135. The number of piperidine rings is 1. The predicted molar refractivity (Wildman–Crippen MR) is 89.2 cm³/mol. The van der Waals surface area contributed by atoms with Gasteiger partial charge in [-0.1, -0.05) is 0 Å². The number of carbonyl (C=O) groups is 1. The molecule has 1 aliphatic rings. The van der Waals surface area contributed by atoms with E-state index >= 15 is 0 Å². The largest absolute Gasteiger partial charge is 0.338 e. The van der Waals surface area contributed by atoms with Crippen LogP contribution in [0.1, 0.15) is 32.6 Å². The van der Waals surface area contributed by atoms with Gasteiger partial charge in [0.1, 0.15) is 5.82 Å². The minimum atomic E-state index is -3.75. The highest BCUT2D eigenvalue weighted by atomic mass is 32.2. The van der Waals surface area contributed by atoms with E-state index in [1.54, 1.807) is 4.90 Å². The smallest absolute Gasteiger partial charge is 0.240 e. The summed E-state index contributed by atoms with van der Waals surface area (Å²) in [6.07, 6.45) is 2.94. The van der Waals surface area contributed by atoms with Crippen molar-refractivity contribution < 1.29 is 17.6 Å². The standard InChI is InChI=1S/C16H24FN3O3S/c1-12(18)15-4-2-3-11-20(15)16(21)9-10-19-24(22,23)14-7-5-13(17)6-8-14/h5-8,12,15,19H,2-4,9-11,18H2,1H3. The topological polar surface area (TPSA) is 92.5 Å². The number of benzene rings is 1. The first-order valence-electron chi connectivity index (χ1n) is 8.11. The SMILES string of the molecule is CC(N)C1CCCCN1C(=O)CCNS(=O)(=O)c1ccc(F)cc1. The molecule has 0 bridgehead atoms. The molecule has 1 heterocycles. The van der Waals surface area contributed by atoms with E-state index in [0.717, 1.165) is 31.4 Å². The van der Waals surface area contributed by atoms with Crippen molar-refractivity contribution in [2.24, 2.45) is 5.73 Å². The Morgan fingerprint density at radius 2 is 2.04 bits per heavy atom. The Morgan fingerprint density at radius 3 is 2.67 bits per heavy atom. The summed E-state index contributed by atoms with van der Waals surface area (Å²) in [6, 6.07) is 4.46. The van der Waals surface area contributed by atoms with Gasteiger partial charge in [-0.15, -0.1) is 0 Å². The Kier molecular flexibility index (Phi) is 6.31. The van der Waals surface area contributed by atoms with Crippen LogP contribution in [-0.4, -0.2) is 44.4 Å². The number of hydrogen-bond acceptors (Lipinski definition) is 4. The van der Waals surface area contributed by atoms with Crippen molar-refractivity contribution in [3.05, 3.63) is 30.1 Å². The average molecular weight is 357 g/mol. The molecular formula is C16H24FN3O3S. The second-order valence-electron chi connectivity index (χ2n) is 6.11. The van der Waals surface area contributed by atoms with Crippen molar-refractivity contribution in [2.75, 3.05) is 13.1 Å². The van der Waals surface area contributed by atoms with Crippen molar-refractivity contribution >= 4 is 15.9 Å². The highest BCUT2D eigenvalue weighted by molar-refractivity contribution is 7.89. The summed E-state index contributed by atoms with van der Waals surface area (Å²) in [5, 5.41) is 0. The van der Waals surface area contributed by atoms with E-state index in [-0.39, 0.29) is 35.9 Å². The lowest BCUT2D eigenvalue weighted by Crippen LogP contribution is -2.52.